The van der Waals surface area contributed by atoms with Crippen LogP contribution in [0.4, 0.5) is 23.1 Å². The quantitative estimate of drug-likeness (QED) is 0.540. The van der Waals surface area contributed by atoms with E-state index in [0.29, 0.717) is 11.8 Å². The van der Waals surface area contributed by atoms with E-state index in [9.17, 15) is 4.79 Å². The van der Waals surface area contributed by atoms with Crippen molar-refractivity contribution >= 4 is 29.0 Å². The van der Waals surface area contributed by atoms with E-state index < -0.39 is 5.91 Å². The number of aryl methyl sites for hydroxylation is 1. The maximum absolute atomic E-state index is 11.8. The number of benzene rings is 1. The number of carbonyl (C=O) groups excluding carboxylic acids is 1. The fraction of sp³-hybridized carbons (Fsp3) is 0.222. The molecule has 0 bridgehead atoms. The van der Waals surface area contributed by atoms with E-state index in [4.69, 9.17) is 5.73 Å². The second-order valence-corrected chi connectivity index (χ2v) is 6.34. The molecule has 0 fully saturated rings. The van der Waals surface area contributed by atoms with Crippen LogP contribution in [0.15, 0.2) is 36.8 Å². The summed E-state index contributed by atoms with van der Waals surface area (Å²) >= 11 is 0. The number of amides is 1. The number of rotatable bonds is 5. The molecule has 1 amide bonds. The van der Waals surface area contributed by atoms with E-state index in [1.54, 1.807) is 17.1 Å². The molecule has 0 radical (unpaired) electrons. The summed E-state index contributed by atoms with van der Waals surface area (Å²) in [6, 6.07) is 6.05. The predicted molar refractivity (Wildman–Crippen MR) is 102 cm³/mol. The molecule has 27 heavy (non-hydrogen) atoms. The molecule has 138 valence electrons. The molecule has 0 spiro atoms. The largest absolute Gasteiger partial charge is 0.365 e. The van der Waals surface area contributed by atoms with Crippen molar-refractivity contribution in [1.29, 1.82) is 0 Å². The molecule has 0 saturated heterocycles. The maximum atomic E-state index is 11.8. The van der Waals surface area contributed by atoms with Gasteiger partial charge in [-0.05, 0) is 30.2 Å². The summed E-state index contributed by atoms with van der Waals surface area (Å²) in [7, 11) is 1.82. The molecule has 3 heterocycles. The standard InChI is InChI=1S/C18H20N8O/c1-26-10-12(8-22-26)23-18-21-9-14(16(19)27)17(25-18)24-15-4-2-3-11-7-20-6-5-13(11)15/h2-4,8-10,20H,5-7H2,1H3,(H2,19,27)(H2,21,23,24,25). The number of nitrogens with two attached hydrogens (primary N) is 1. The normalized spacial score (nSPS) is 13.1. The molecule has 3 aromatic rings. The van der Waals surface area contributed by atoms with Crippen LogP contribution >= 0.6 is 0 Å². The van der Waals surface area contributed by atoms with E-state index in [-0.39, 0.29) is 5.56 Å². The number of primary amides is 1. The SMILES string of the molecule is Cn1cc(Nc2ncc(C(N)=O)c(Nc3cccc4c3CCNC4)n2)cn1. The van der Waals surface area contributed by atoms with Crippen LogP contribution in [-0.4, -0.2) is 32.2 Å². The van der Waals surface area contributed by atoms with Gasteiger partial charge in [-0.2, -0.15) is 10.1 Å². The lowest BCUT2D eigenvalue weighted by Crippen LogP contribution is -2.24. The van der Waals surface area contributed by atoms with Crippen molar-refractivity contribution in [3.05, 3.63) is 53.5 Å². The first kappa shape index (κ1) is 17.0. The van der Waals surface area contributed by atoms with E-state index in [2.05, 4.69) is 37.1 Å². The monoisotopic (exact) mass is 364 g/mol. The van der Waals surface area contributed by atoms with Crippen molar-refractivity contribution in [3.63, 3.8) is 0 Å². The second-order valence-electron chi connectivity index (χ2n) is 6.34. The Balaban J connectivity index is 1.68. The third kappa shape index (κ3) is 3.58. The maximum Gasteiger partial charge on any atom is 0.254 e. The molecule has 1 aromatic carbocycles. The zero-order valence-corrected chi connectivity index (χ0v) is 14.9. The minimum atomic E-state index is -0.586. The first-order chi connectivity index (χ1) is 13.1. The van der Waals surface area contributed by atoms with Gasteiger partial charge in [0.25, 0.3) is 5.91 Å². The molecule has 0 saturated carbocycles. The van der Waals surface area contributed by atoms with Crippen molar-refractivity contribution in [1.82, 2.24) is 25.1 Å². The average molecular weight is 364 g/mol. The van der Waals surface area contributed by atoms with Gasteiger partial charge in [-0.1, -0.05) is 12.1 Å². The van der Waals surface area contributed by atoms with Gasteiger partial charge in [0.1, 0.15) is 11.4 Å². The molecule has 0 atom stereocenters. The van der Waals surface area contributed by atoms with Crippen molar-refractivity contribution < 1.29 is 4.79 Å². The Kier molecular flexibility index (Phi) is 4.43. The molecule has 1 aliphatic heterocycles. The third-order valence-corrected chi connectivity index (χ3v) is 4.41. The first-order valence-electron chi connectivity index (χ1n) is 8.61. The fourth-order valence-electron chi connectivity index (χ4n) is 3.11. The van der Waals surface area contributed by atoms with Crippen LogP contribution in [0.1, 0.15) is 21.5 Å². The summed E-state index contributed by atoms with van der Waals surface area (Å²) in [4.78, 5) is 20.5. The van der Waals surface area contributed by atoms with Crippen LogP contribution in [-0.2, 0) is 20.0 Å². The molecule has 0 unspecified atom stereocenters. The van der Waals surface area contributed by atoms with E-state index >= 15 is 0 Å². The predicted octanol–water partition coefficient (Wildman–Crippen LogP) is 1.44. The lowest BCUT2D eigenvalue weighted by Gasteiger charge is -2.21. The van der Waals surface area contributed by atoms with Gasteiger partial charge in [-0.25, -0.2) is 4.98 Å². The third-order valence-electron chi connectivity index (χ3n) is 4.41. The van der Waals surface area contributed by atoms with Crippen molar-refractivity contribution in [2.75, 3.05) is 17.2 Å². The van der Waals surface area contributed by atoms with Crippen molar-refractivity contribution in [3.8, 4) is 0 Å². The number of hydrogen-bond acceptors (Lipinski definition) is 7. The van der Waals surface area contributed by atoms with Gasteiger partial charge in [0, 0.05) is 31.7 Å². The van der Waals surface area contributed by atoms with Crippen LogP contribution in [0.2, 0.25) is 0 Å². The second kappa shape index (κ2) is 7.04. The summed E-state index contributed by atoms with van der Waals surface area (Å²) in [5, 5.41) is 13.8. The molecule has 0 aliphatic carbocycles. The van der Waals surface area contributed by atoms with Crippen molar-refractivity contribution in [2.24, 2.45) is 12.8 Å². The summed E-state index contributed by atoms with van der Waals surface area (Å²) in [6.07, 6.45) is 5.79. The van der Waals surface area contributed by atoms with Gasteiger partial charge in [0.2, 0.25) is 5.95 Å². The van der Waals surface area contributed by atoms with Crippen LogP contribution in [0.5, 0.6) is 0 Å². The fourth-order valence-corrected chi connectivity index (χ4v) is 3.11. The highest BCUT2D eigenvalue weighted by Crippen LogP contribution is 2.27. The lowest BCUT2D eigenvalue weighted by atomic mass is 9.99. The number of carbonyl (C=O) groups is 1. The number of anilines is 4. The Morgan fingerprint density at radius 1 is 1.30 bits per heavy atom. The molecule has 9 heteroatoms. The van der Waals surface area contributed by atoms with Crippen LogP contribution in [0.3, 0.4) is 0 Å². The topological polar surface area (TPSA) is 123 Å². The summed E-state index contributed by atoms with van der Waals surface area (Å²) in [6.45, 7) is 1.73. The molecular weight excluding hydrogens is 344 g/mol. The highest BCUT2D eigenvalue weighted by atomic mass is 16.1. The molecule has 9 nitrogen and oxygen atoms in total. The zero-order valence-electron chi connectivity index (χ0n) is 14.9. The number of aromatic nitrogens is 4. The molecule has 2 aromatic heterocycles. The lowest BCUT2D eigenvalue weighted by molar-refractivity contribution is 0.100. The molecule has 1 aliphatic rings. The highest BCUT2D eigenvalue weighted by molar-refractivity contribution is 5.98. The van der Waals surface area contributed by atoms with Gasteiger partial charge in [-0.3, -0.25) is 9.48 Å². The van der Waals surface area contributed by atoms with Crippen LogP contribution in [0, 0.1) is 0 Å². The number of fused-ring (bicyclic) bond motifs is 1. The summed E-state index contributed by atoms with van der Waals surface area (Å²) < 4.78 is 1.67. The Hall–Kier alpha value is -3.46. The minimum Gasteiger partial charge on any atom is -0.365 e. The van der Waals surface area contributed by atoms with E-state index in [1.165, 1.54) is 17.3 Å². The number of nitrogens with zero attached hydrogens (tertiary/aromatic N) is 4. The van der Waals surface area contributed by atoms with E-state index in [1.807, 2.05) is 19.2 Å². The Morgan fingerprint density at radius 2 is 2.19 bits per heavy atom. The van der Waals surface area contributed by atoms with Gasteiger partial charge < -0.3 is 21.7 Å². The Bertz CT molecular complexity index is 997. The van der Waals surface area contributed by atoms with Crippen LogP contribution < -0.4 is 21.7 Å². The number of nitrogens with one attached hydrogen (secondary N) is 3. The van der Waals surface area contributed by atoms with Crippen LogP contribution in [0.25, 0.3) is 0 Å². The van der Waals surface area contributed by atoms with Gasteiger partial charge >= 0.3 is 0 Å². The zero-order chi connectivity index (χ0) is 18.8. The molecule has 5 N–H and O–H groups in total. The van der Waals surface area contributed by atoms with Gasteiger partial charge in [0.15, 0.2) is 0 Å². The summed E-state index contributed by atoms with van der Waals surface area (Å²) in [5.74, 6) is 0.134. The minimum absolute atomic E-state index is 0.235. The number of hydrogen-bond donors (Lipinski definition) is 4. The Labute approximate surface area is 156 Å². The highest BCUT2D eigenvalue weighted by Gasteiger charge is 2.17. The molecular formula is C18H20N8O. The Morgan fingerprint density at radius 3 is 2.96 bits per heavy atom. The van der Waals surface area contributed by atoms with E-state index in [0.717, 1.165) is 30.9 Å². The van der Waals surface area contributed by atoms with Gasteiger partial charge in [-0.15, -0.1) is 0 Å². The smallest absolute Gasteiger partial charge is 0.254 e. The van der Waals surface area contributed by atoms with Crippen molar-refractivity contribution in [2.45, 2.75) is 13.0 Å². The average Bonchev–Trinajstić information content (AvgIpc) is 3.07. The van der Waals surface area contributed by atoms with Gasteiger partial charge in [0.05, 0.1) is 11.9 Å². The first-order valence-corrected chi connectivity index (χ1v) is 8.61. The summed E-state index contributed by atoms with van der Waals surface area (Å²) in [5.41, 5.74) is 9.86. The molecule has 4 rings (SSSR count).